The molecule has 8 heteroatoms. The molecule has 1 amide bonds. The van der Waals surface area contributed by atoms with E-state index in [1.165, 1.54) is 11.1 Å². The number of amides is 1. The number of hydrogen-bond donors (Lipinski definition) is 1. The van der Waals surface area contributed by atoms with Crippen LogP contribution in [0.3, 0.4) is 0 Å². The SMILES string of the molecule is CC(C(=O)NC1CCCCC1)N1CCn2nc(C(F)(F)F)cc2C1. The van der Waals surface area contributed by atoms with E-state index in [-0.39, 0.29) is 18.0 Å². The van der Waals surface area contributed by atoms with Gasteiger partial charge in [0.2, 0.25) is 5.91 Å². The molecule has 0 saturated heterocycles. The van der Waals surface area contributed by atoms with Crippen LogP contribution in [-0.2, 0) is 24.1 Å². The minimum atomic E-state index is -4.43. The predicted octanol–water partition coefficient (Wildman–Crippen LogP) is 2.55. The third kappa shape index (κ3) is 3.74. The summed E-state index contributed by atoms with van der Waals surface area (Å²) in [5, 5.41) is 6.71. The molecular formula is C16H23F3N4O. The fourth-order valence-electron chi connectivity index (χ4n) is 3.49. The van der Waals surface area contributed by atoms with Crippen LogP contribution in [0.25, 0.3) is 0 Å². The quantitative estimate of drug-likeness (QED) is 0.917. The van der Waals surface area contributed by atoms with Crippen molar-refractivity contribution in [3.63, 3.8) is 0 Å². The highest BCUT2D eigenvalue weighted by molar-refractivity contribution is 5.81. The summed E-state index contributed by atoms with van der Waals surface area (Å²) in [5.41, 5.74) is -0.357. The number of nitrogens with zero attached hydrogens (tertiary/aromatic N) is 3. The second-order valence-corrected chi connectivity index (χ2v) is 6.73. The van der Waals surface area contributed by atoms with Crippen LogP contribution < -0.4 is 5.32 Å². The van der Waals surface area contributed by atoms with E-state index in [2.05, 4.69) is 10.4 Å². The lowest BCUT2D eigenvalue weighted by Gasteiger charge is -2.33. The maximum absolute atomic E-state index is 12.8. The van der Waals surface area contributed by atoms with Crippen LogP contribution in [0.1, 0.15) is 50.4 Å². The van der Waals surface area contributed by atoms with E-state index in [0.717, 1.165) is 31.7 Å². The van der Waals surface area contributed by atoms with Gasteiger partial charge in [-0.25, -0.2) is 0 Å². The Kier molecular flexibility index (Phi) is 4.85. The minimum absolute atomic E-state index is 0.0362. The van der Waals surface area contributed by atoms with Crippen LogP contribution in [0, 0.1) is 0 Å². The van der Waals surface area contributed by atoms with Crippen molar-refractivity contribution in [2.45, 2.75) is 70.4 Å². The molecule has 1 fully saturated rings. The second-order valence-electron chi connectivity index (χ2n) is 6.73. The first-order chi connectivity index (χ1) is 11.3. The first-order valence-corrected chi connectivity index (χ1v) is 8.53. The second kappa shape index (κ2) is 6.74. The van der Waals surface area contributed by atoms with E-state index in [1.807, 2.05) is 11.8 Å². The molecule has 1 aliphatic carbocycles. The van der Waals surface area contributed by atoms with Crippen molar-refractivity contribution in [1.82, 2.24) is 20.0 Å². The fraction of sp³-hybridized carbons (Fsp3) is 0.750. The van der Waals surface area contributed by atoms with Crippen LogP contribution in [0.4, 0.5) is 13.2 Å². The highest BCUT2D eigenvalue weighted by atomic mass is 19.4. The average molecular weight is 344 g/mol. The highest BCUT2D eigenvalue weighted by Gasteiger charge is 2.36. The van der Waals surface area contributed by atoms with Gasteiger partial charge in [-0.15, -0.1) is 0 Å². The summed E-state index contributed by atoms with van der Waals surface area (Å²) in [7, 11) is 0. The highest BCUT2D eigenvalue weighted by Crippen LogP contribution is 2.30. The number of nitrogens with one attached hydrogen (secondary N) is 1. The minimum Gasteiger partial charge on any atom is -0.352 e. The van der Waals surface area contributed by atoms with E-state index in [4.69, 9.17) is 0 Å². The Bertz CT molecular complexity index is 593. The number of alkyl halides is 3. The molecule has 0 radical (unpaired) electrons. The van der Waals surface area contributed by atoms with E-state index >= 15 is 0 Å². The van der Waals surface area contributed by atoms with Crippen LogP contribution in [0.15, 0.2) is 6.07 Å². The molecule has 24 heavy (non-hydrogen) atoms. The van der Waals surface area contributed by atoms with Crippen molar-refractivity contribution >= 4 is 5.91 Å². The molecule has 0 spiro atoms. The van der Waals surface area contributed by atoms with Crippen molar-refractivity contribution < 1.29 is 18.0 Å². The lowest BCUT2D eigenvalue weighted by Crippen LogP contribution is -2.50. The number of halogens is 3. The zero-order valence-electron chi connectivity index (χ0n) is 13.8. The van der Waals surface area contributed by atoms with E-state index in [0.29, 0.717) is 25.3 Å². The normalized spacial score (nSPS) is 21.3. The molecule has 3 rings (SSSR count). The summed E-state index contributed by atoms with van der Waals surface area (Å²) in [4.78, 5) is 14.3. The van der Waals surface area contributed by atoms with Gasteiger partial charge in [-0.2, -0.15) is 18.3 Å². The maximum atomic E-state index is 12.8. The molecule has 1 aliphatic heterocycles. The number of rotatable bonds is 3. The average Bonchev–Trinajstić information content (AvgIpc) is 2.98. The van der Waals surface area contributed by atoms with Gasteiger partial charge in [-0.05, 0) is 25.8 Å². The predicted molar refractivity (Wildman–Crippen MR) is 82.1 cm³/mol. The molecule has 2 aliphatic rings. The van der Waals surface area contributed by atoms with E-state index in [1.54, 1.807) is 0 Å². The number of carbonyl (C=O) groups is 1. The summed E-state index contributed by atoms with van der Waals surface area (Å²) in [5.74, 6) is -0.0362. The molecule has 1 aromatic rings. The molecule has 1 aromatic heterocycles. The Labute approximate surface area is 139 Å². The molecule has 1 atom stereocenters. The van der Waals surface area contributed by atoms with Crippen molar-refractivity contribution in [3.8, 4) is 0 Å². The Hall–Kier alpha value is -1.57. The number of hydrogen-bond acceptors (Lipinski definition) is 3. The van der Waals surface area contributed by atoms with Crippen LogP contribution in [-0.4, -0.2) is 39.2 Å². The summed E-state index contributed by atoms with van der Waals surface area (Å²) < 4.78 is 39.7. The number of fused-ring (bicyclic) bond motifs is 1. The summed E-state index contributed by atoms with van der Waals surface area (Å²) in [6.07, 6.45) is 1.10. The lowest BCUT2D eigenvalue weighted by atomic mass is 9.95. The van der Waals surface area contributed by atoms with Gasteiger partial charge in [0, 0.05) is 19.1 Å². The molecule has 1 saturated carbocycles. The molecule has 0 aromatic carbocycles. The van der Waals surface area contributed by atoms with Gasteiger partial charge < -0.3 is 5.32 Å². The van der Waals surface area contributed by atoms with Crippen molar-refractivity contribution in [1.29, 1.82) is 0 Å². The zero-order chi connectivity index (χ0) is 17.3. The number of aromatic nitrogens is 2. The van der Waals surface area contributed by atoms with E-state index < -0.39 is 11.9 Å². The zero-order valence-corrected chi connectivity index (χ0v) is 13.8. The molecular weight excluding hydrogens is 321 g/mol. The first kappa shape index (κ1) is 17.3. The molecule has 5 nitrogen and oxygen atoms in total. The Morgan fingerprint density at radius 3 is 2.67 bits per heavy atom. The Morgan fingerprint density at radius 2 is 2.00 bits per heavy atom. The van der Waals surface area contributed by atoms with E-state index in [9.17, 15) is 18.0 Å². The van der Waals surface area contributed by atoms with Gasteiger partial charge in [0.1, 0.15) is 0 Å². The van der Waals surface area contributed by atoms with Crippen molar-refractivity contribution in [2.24, 2.45) is 0 Å². The Balaban J connectivity index is 1.61. The molecule has 2 heterocycles. The van der Waals surface area contributed by atoms with Crippen molar-refractivity contribution in [3.05, 3.63) is 17.5 Å². The number of carbonyl (C=O) groups excluding carboxylic acids is 1. The van der Waals surface area contributed by atoms with Gasteiger partial charge >= 0.3 is 6.18 Å². The topological polar surface area (TPSA) is 50.2 Å². The summed E-state index contributed by atoms with van der Waals surface area (Å²) >= 11 is 0. The van der Waals surface area contributed by atoms with Crippen LogP contribution in [0.5, 0.6) is 0 Å². The smallest absolute Gasteiger partial charge is 0.352 e. The summed E-state index contributed by atoms with van der Waals surface area (Å²) in [6, 6.07) is 0.962. The lowest BCUT2D eigenvalue weighted by molar-refractivity contribution is -0.141. The monoisotopic (exact) mass is 344 g/mol. The van der Waals surface area contributed by atoms with Gasteiger partial charge in [0.25, 0.3) is 0 Å². The van der Waals surface area contributed by atoms with Gasteiger partial charge in [-0.1, -0.05) is 19.3 Å². The fourth-order valence-corrected chi connectivity index (χ4v) is 3.49. The van der Waals surface area contributed by atoms with Gasteiger partial charge in [-0.3, -0.25) is 14.4 Å². The van der Waals surface area contributed by atoms with Gasteiger partial charge in [0.05, 0.1) is 18.3 Å². The molecule has 0 bridgehead atoms. The third-order valence-electron chi connectivity index (χ3n) is 5.00. The third-order valence-corrected chi connectivity index (χ3v) is 5.00. The molecule has 1 unspecified atom stereocenters. The van der Waals surface area contributed by atoms with Crippen LogP contribution in [0.2, 0.25) is 0 Å². The van der Waals surface area contributed by atoms with Crippen LogP contribution >= 0.6 is 0 Å². The largest absolute Gasteiger partial charge is 0.435 e. The first-order valence-electron chi connectivity index (χ1n) is 8.53. The maximum Gasteiger partial charge on any atom is 0.435 e. The van der Waals surface area contributed by atoms with Gasteiger partial charge in [0.15, 0.2) is 5.69 Å². The molecule has 134 valence electrons. The van der Waals surface area contributed by atoms with Crippen molar-refractivity contribution in [2.75, 3.05) is 6.54 Å². The molecule has 1 N–H and O–H groups in total. The Morgan fingerprint density at radius 1 is 1.29 bits per heavy atom. The summed E-state index contributed by atoms with van der Waals surface area (Å²) in [6.45, 7) is 3.01. The standard InChI is InChI=1S/C16H23F3N4O/c1-11(15(24)20-12-5-3-2-4-6-12)22-7-8-23-13(10-22)9-14(21-23)16(17,18)19/h9,11-12H,2-8,10H2,1H3,(H,20,24).